The lowest BCUT2D eigenvalue weighted by atomic mass is 10.2. The first kappa shape index (κ1) is 13.0. The predicted octanol–water partition coefficient (Wildman–Crippen LogP) is 4.48. The molecule has 0 saturated carbocycles. The van der Waals surface area contributed by atoms with E-state index < -0.39 is 17.5 Å². The lowest BCUT2D eigenvalue weighted by Crippen LogP contribution is -2.01. The maximum atomic E-state index is 13.0. The molecule has 0 amide bonds. The molecule has 18 heavy (non-hydrogen) atoms. The van der Waals surface area contributed by atoms with Gasteiger partial charge in [0.1, 0.15) is 0 Å². The molecule has 0 fully saturated rings. The Hall–Kier alpha value is -1.49. The Morgan fingerprint density at radius 1 is 0.944 bits per heavy atom. The van der Waals surface area contributed by atoms with E-state index in [1.807, 2.05) is 24.3 Å². The fourth-order valence-corrected chi connectivity index (χ4v) is 1.73. The normalized spacial score (nSPS) is 10.4. The average Bonchev–Trinajstić information content (AvgIpc) is 2.35. The van der Waals surface area contributed by atoms with Gasteiger partial charge in [0.15, 0.2) is 17.5 Å². The van der Waals surface area contributed by atoms with Crippen molar-refractivity contribution < 1.29 is 13.2 Å². The molecule has 0 aromatic heterocycles. The molecule has 2 aromatic rings. The second-order valence-corrected chi connectivity index (χ2v) is 4.65. The Balaban J connectivity index is 2.08. The second kappa shape index (κ2) is 5.44. The van der Waals surface area contributed by atoms with E-state index in [1.54, 1.807) is 0 Å². The third-order valence-corrected chi connectivity index (χ3v) is 2.92. The van der Waals surface area contributed by atoms with E-state index in [0.717, 1.165) is 22.2 Å². The van der Waals surface area contributed by atoms with Crippen LogP contribution >= 0.6 is 15.9 Å². The molecule has 0 aliphatic rings. The minimum absolute atomic E-state index is 0.203. The van der Waals surface area contributed by atoms with Crippen LogP contribution in [0.2, 0.25) is 0 Å². The molecule has 1 N–H and O–H groups in total. The van der Waals surface area contributed by atoms with Crippen molar-refractivity contribution in [3.05, 3.63) is 63.9 Å². The van der Waals surface area contributed by atoms with E-state index in [-0.39, 0.29) is 5.69 Å². The Morgan fingerprint density at radius 2 is 1.50 bits per heavy atom. The van der Waals surface area contributed by atoms with Gasteiger partial charge in [0.05, 0.1) is 0 Å². The van der Waals surface area contributed by atoms with Gasteiger partial charge in [-0.15, -0.1) is 0 Å². The quantitative estimate of drug-likeness (QED) is 0.823. The summed E-state index contributed by atoms with van der Waals surface area (Å²) >= 11 is 3.31. The molecule has 1 nitrogen and oxygen atoms in total. The summed E-state index contributed by atoms with van der Waals surface area (Å²) < 4.78 is 39.6. The van der Waals surface area contributed by atoms with Gasteiger partial charge in [-0.05, 0) is 17.7 Å². The van der Waals surface area contributed by atoms with Crippen LogP contribution in [0, 0.1) is 17.5 Å². The van der Waals surface area contributed by atoms with Crippen molar-refractivity contribution in [1.82, 2.24) is 0 Å². The van der Waals surface area contributed by atoms with Gasteiger partial charge in [0.25, 0.3) is 0 Å². The van der Waals surface area contributed by atoms with Crippen LogP contribution in [0.25, 0.3) is 0 Å². The van der Waals surface area contributed by atoms with Crippen LogP contribution in [0.15, 0.2) is 40.9 Å². The molecule has 0 unspecified atom stereocenters. The summed E-state index contributed by atoms with van der Waals surface area (Å²) in [5.41, 5.74) is 1.15. The highest BCUT2D eigenvalue weighted by molar-refractivity contribution is 9.10. The Bertz CT molecular complexity index is 532. The van der Waals surface area contributed by atoms with Gasteiger partial charge in [0.2, 0.25) is 0 Å². The summed E-state index contributed by atoms with van der Waals surface area (Å²) in [6, 6.07) is 9.32. The fraction of sp³-hybridized carbons (Fsp3) is 0.0769. The minimum atomic E-state index is -1.45. The van der Waals surface area contributed by atoms with Gasteiger partial charge in [-0.1, -0.05) is 28.1 Å². The van der Waals surface area contributed by atoms with Crippen LogP contribution in [0.3, 0.4) is 0 Å². The molecule has 5 heteroatoms. The molecule has 2 rings (SSSR count). The van der Waals surface area contributed by atoms with Crippen molar-refractivity contribution >= 4 is 21.6 Å². The third-order valence-electron chi connectivity index (χ3n) is 2.39. The number of benzene rings is 2. The number of anilines is 1. The first-order valence-electron chi connectivity index (χ1n) is 5.19. The van der Waals surface area contributed by atoms with Gasteiger partial charge in [-0.25, -0.2) is 13.2 Å². The van der Waals surface area contributed by atoms with Gasteiger partial charge in [-0.3, -0.25) is 0 Å². The average molecular weight is 316 g/mol. The molecule has 0 aliphatic carbocycles. The lowest BCUT2D eigenvalue weighted by Gasteiger charge is -2.07. The zero-order valence-corrected chi connectivity index (χ0v) is 10.8. The fourth-order valence-electron chi connectivity index (χ4n) is 1.46. The second-order valence-electron chi connectivity index (χ2n) is 3.73. The van der Waals surface area contributed by atoms with E-state index in [1.165, 1.54) is 0 Å². The molecule has 0 saturated heterocycles. The third kappa shape index (κ3) is 3.04. The van der Waals surface area contributed by atoms with Crippen LogP contribution in [0.5, 0.6) is 0 Å². The molecular formula is C13H9BrF3N. The van der Waals surface area contributed by atoms with Crippen LogP contribution < -0.4 is 5.32 Å². The highest BCUT2D eigenvalue weighted by atomic mass is 79.9. The molecule has 0 aliphatic heterocycles. The van der Waals surface area contributed by atoms with Crippen molar-refractivity contribution in [1.29, 1.82) is 0 Å². The van der Waals surface area contributed by atoms with E-state index >= 15 is 0 Å². The molecular weight excluding hydrogens is 307 g/mol. The smallest absolute Gasteiger partial charge is 0.194 e. The van der Waals surface area contributed by atoms with Crippen molar-refractivity contribution in [2.45, 2.75) is 6.54 Å². The van der Waals surface area contributed by atoms with Crippen molar-refractivity contribution in [2.24, 2.45) is 0 Å². The minimum Gasteiger partial charge on any atom is -0.381 e. The van der Waals surface area contributed by atoms with Crippen molar-refractivity contribution in [3.63, 3.8) is 0 Å². The topological polar surface area (TPSA) is 12.0 Å². The van der Waals surface area contributed by atoms with Crippen LogP contribution in [0.4, 0.5) is 18.9 Å². The highest BCUT2D eigenvalue weighted by Crippen LogP contribution is 2.18. The zero-order chi connectivity index (χ0) is 13.1. The van der Waals surface area contributed by atoms with Crippen LogP contribution in [-0.2, 0) is 6.54 Å². The summed E-state index contributed by atoms with van der Waals surface area (Å²) in [5.74, 6) is -3.86. The Morgan fingerprint density at radius 3 is 2.06 bits per heavy atom. The highest BCUT2D eigenvalue weighted by Gasteiger charge is 2.10. The Kier molecular flexibility index (Phi) is 3.91. The monoisotopic (exact) mass is 315 g/mol. The van der Waals surface area contributed by atoms with E-state index in [4.69, 9.17) is 0 Å². The molecule has 94 valence electrons. The Labute approximate surface area is 111 Å². The maximum Gasteiger partial charge on any atom is 0.194 e. The SMILES string of the molecule is Fc1cc(NCc2ccc(Br)cc2)cc(F)c1F. The predicted molar refractivity (Wildman–Crippen MR) is 67.8 cm³/mol. The molecule has 0 spiro atoms. The maximum absolute atomic E-state index is 13.0. The van der Waals surface area contributed by atoms with Gasteiger partial charge in [0, 0.05) is 28.8 Å². The van der Waals surface area contributed by atoms with Gasteiger partial charge >= 0.3 is 0 Å². The zero-order valence-electron chi connectivity index (χ0n) is 9.18. The first-order chi connectivity index (χ1) is 8.56. The number of nitrogens with one attached hydrogen (secondary N) is 1. The van der Waals surface area contributed by atoms with Gasteiger partial charge < -0.3 is 5.32 Å². The van der Waals surface area contributed by atoms with Gasteiger partial charge in [-0.2, -0.15) is 0 Å². The summed E-state index contributed by atoms with van der Waals surface area (Å²) in [7, 11) is 0. The molecule has 0 atom stereocenters. The molecule has 2 aromatic carbocycles. The van der Waals surface area contributed by atoms with E-state index in [9.17, 15) is 13.2 Å². The molecule has 0 radical (unpaired) electrons. The molecule has 0 heterocycles. The van der Waals surface area contributed by atoms with E-state index in [2.05, 4.69) is 21.2 Å². The van der Waals surface area contributed by atoms with Crippen molar-refractivity contribution in [2.75, 3.05) is 5.32 Å². The number of hydrogen-bond acceptors (Lipinski definition) is 1. The number of rotatable bonds is 3. The lowest BCUT2D eigenvalue weighted by molar-refractivity contribution is 0.447. The van der Waals surface area contributed by atoms with Crippen LogP contribution in [0.1, 0.15) is 5.56 Å². The first-order valence-corrected chi connectivity index (χ1v) is 5.98. The largest absolute Gasteiger partial charge is 0.381 e. The summed E-state index contributed by atoms with van der Waals surface area (Å²) in [6.45, 7) is 0.401. The number of hydrogen-bond donors (Lipinski definition) is 1. The summed E-state index contributed by atoms with van der Waals surface area (Å²) in [5, 5.41) is 2.83. The van der Waals surface area contributed by atoms with E-state index in [0.29, 0.717) is 6.54 Å². The summed E-state index contributed by atoms with van der Waals surface area (Å²) in [6.07, 6.45) is 0. The summed E-state index contributed by atoms with van der Waals surface area (Å²) in [4.78, 5) is 0. The van der Waals surface area contributed by atoms with Crippen LogP contribution in [-0.4, -0.2) is 0 Å². The van der Waals surface area contributed by atoms with Crippen molar-refractivity contribution in [3.8, 4) is 0 Å². The standard InChI is InChI=1S/C13H9BrF3N/c14-9-3-1-8(2-4-9)7-18-10-5-11(15)13(17)12(16)6-10/h1-6,18H,7H2. The molecule has 0 bridgehead atoms. The number of halogens is 4.